The van der Waals surface area contributed by atoms with Crippen molar-refractivity contribution >= 4 is 17.6 Å². The van der Waals surface area contributed by atoms with Crippen molar-refractivity contribution in [3.05, 3.63) is 28.3 Å². The van der Waals surface area contributed by atoms with Crippen LogP contribution >= 0.6 is 11.6 Å². The first kappa shape index (κ1) is 12.8. The average molecular weight is 244 g/mol. The molecule has 88 valence electrons. The summed E-state index contributed by atoms with van der Waals surface area (Å²) in [6.45, 7) is 3.64. The molecule has 0 fully saturated rings. The van der Waals surface area contributed by atoms with Crippen LogP contribution in [-0.2, 0) is 4.79 Å². The molecule has 16 heavy (non-hydrogen) atoms. The van der Waals surface area contributed by atoms with Crippen molar-refractivity contribution in [2.24, 2.45) is 5.73 Å². The van der Waals surface area contributed by atoms with Crippen molar-refractivity contribution in [1.82, 2.24) is 0 Å². The zero-order valence-corrected chi connectivity index (χ0v) is 9.91. The summed E-state index contributed by atoms with van der Waals surface area (Å²) >= 11 is 5.86. The summed E-state index contributed by atoms with van der Waals surface area (Å²) in [5.74, 6) is -0.439. The third-order valence-electron chi connectivity index (χ3n) is 2.15. The second-order valence-corrected chi connectivity index (χ2v) is 4.06. The van der Waals surface area contributed by atoms with E-state index in [1.807, 2.05) is 13.8 Å². The Morgan fingerprint density at radius 2 is 2.00 bits per heavy atom. The lowest BCUT2D eigenvalue weighted by molar-refractivity contribution is -0.139. The van der Waals surface area contributed by atoms with E-state index >= 15 is 0 Å². The van der Waals surface area contributed by atoms with E-state index in [-0.39, 0.29) is 6.61 Å². The predicted molar refractivity (Wildman–Crippen MR) is 62.0 cm³/mol. The van der Waals surface area contributed by atoms with Gasteiger partial charge in [0.2, 0.25) is 0 Å². The van der Waals surface area contributed by atoms with Gasteiger partial charge in [0.25, 0.3) is 0 Å². The number of aliphatic carboxylic acids is 1. The van der Waals surface area contributed by atoms with Crippen LogP contribution in [0, 0.1) is 13.8 Å². The highest BCUT2D eigenvalue weighted by atomic mass is 35.5. The van der Waals surface area contributed by atoms with Crippen molar-refractivity contribution < 1.29 is 14.6 Å². The topological polar surface area (TPSA) is 72.5 Å². The normalized spacial score (nSPS) is 12.2. The summed E-state index contributed by atoms with van der Waals surface area (Å²) in [6.07, 6.45) is 0. The molecule has 0 radical (unpaired) electrons. The summed E-state index contributed by atoms with van der Waals surface area (Å²) in [4.78, 5) is 10.5. The van der Waals surface area contributed by atoms with Gasteiger partial charge in [-0.05, 0) is 37.1 Å². The average Bonchev–Trinajstić information content (AvgIpc) is 2.15. The molecule has 1 rings (SSSR count). The minimum atomic E-state index is -1.08. The maximum atomic E-state index is 10.5. The van der Waals surface area contributed by atoms with E-state index in [1.165, 1.54) is 0 Å². The second-order valence-electron chi connectivity index (χ2n) is 3.62. The molecule has 1 unspecified atom stereocenters. The smallest absolute Gasteiger partial charge is 0.324 e. The minimum absolute atomic E-state index is 0.0569. The van der Waals surface area contributed by atoms with Gasteiger partial charge >= 0.3 is 5.97 Å². The lowest BCUT2D eigenvalue weighted by Crippen LogP contribution is -2.36. The Balaban J connectivity index is 2.78. The number of halogens is 1. The van der Waals surface area contributed by atoms with Gasteiger partial charge < -0.3 is 15.6 Å². The Morgan fingerprint density at radius 3 is 2.44 bits per heavy atom. The number of benzene rings is 1. The van der Waals surface area contributed by atoms with Gasteiger partial charge in [-0.1, -0.05) is 11.6 Å². The number of carbonyl (C=O) groups is 1. The highest BCUT2D eigenvalue weighted by molar-refractivity contribution is 6.30. The first-order valence-electron chi connectivity index (χ1n) is 4.79. The van der Waals surface area contributed by atoms with E-state index < -0.39 is 12.0 Å². The summed E-state index contributed by atoms with van der Waals surface area (Å²) in [5, 5.41) is 9.25. The second kappa shape index (κ2) is 5.18. The van der Waals surface area contributed by atoms with E-state index in [1.54, 1.807) is 12.1 Å². The molecule has 0 amide bonds. The van der Waals surface area contributed by atoms with Gasteiger partial charge in [0.1, 0.15) is 18.4 Å². The molecule has 1 atom stereocenters. The molecule has 0 aliphatic heterocycles. The lowest BCUT2D eigenvalue weighted by atomic mass is 10.1. The number of hydrogen-bond acceptors (Lipinski definition) is 3. The molecular weight excluding hydrogens is 230 g/mol. The fourth-order valence-corrected chi connectivity index (χ4v) is 1.70. The number of ether oxygens (including phenoxy) is 1. The maximum absolute atomic E-state index is 10.5. The van der Waals surface area contributed by atoms with Gasteiger partial charge in [0, 0.05) is 5.02 Å². The van der Waals surface area contributed by atoms with Crippen LogP contribution in [0.1, 0.15) is 11.1 Å². The van der Waals surface area contributed by atoms with E-state index in [9.17, 15) is 4.79 Å². The Bertz CT molecular complexity index is 383. The first-order chi connectivity index (χ1) is 7.41. The van der Waals surface area contributed by atoms with Crippen LogP contribution in [-0.4, -0.2) is 23.7 Å². The van der Waals surface area contributed by atoms with Crippen LogP contribution in [0.25, 0.3) is 0 Å². The number of aryl methyl sites for hydroxylation is 2. The van der Waals surface area contributed by atoms with Gasteiger partial charge in [0.15, 0.2) is 0 Å². The Labute approximate surface area is 99.0 Å². The number of carboxylic acids is 1. The third kappa shape index (κ3) is 3.12. The van der Waals surface area contributed by atoms with E-state index in [4.69, 9.17) is 27.2 Å². The summed E-state index contributed by atoms with van der Waals surface area (Å²) in [5.41, 5.74) is 7.07. The van der Waals surface area contributed by atoms with Crippen LogP contribution in [0.5, 0.6) is 5.75 Å². The van der Waals surface area contributed by atoms with E-state index in [0.29, 0.717) is 10.8 Å². The van der Waals surface area contributed by atoms with Gasteiger partial charge in [-0.15, -0.1) is 0 Å². The third-order valence-corrected chi connectivity index (χ3v) is 2.37. The molecule has 0 bridgehead atoms. The van der Waals surface area contributed by atoms with Crippen LogP contribution in [0.15, 0.2) is 12.1 Å². The Morgan fingerprint density at radius 1 is 1.50 bits per heavy atom. The van der Waals surface area contributed by atoms with Gasteiger partial charge in [-0.2, -0.15) is 0 Å². The molecular formula is C11H14ClNO3. The molecule has 3 N–H and O–H groups in total. The zero-order valence-electron chi connectivity index (χ0n) is 9.16. The van der Waals surface area contributed by atoms with Crippen molar-refractivity contribution in [2.45, 2.75) is 19.9 Å². The van der Waals surface area contributed by atoms with Gasteiger partial charge in [0.05, 0.1) is 0 Å². The van der Waals surface area contributed by atoms with Crippen LogP contribution < -0.4 is 10.5 Å². The molecule has 0 saturated heterocycles. The Hall–Kier alpha value is -1.26. The monoisotopic (exact) mass is 243 g/mol. The van der Waals surface area contributed by atoms with Crippen LogP contribution in [0.4, 0.5) is 0 Å². The molecule has 1 aromatic rings. The van der Waals surface area contributed by atoms with Gasteiger partial charge in [-0.3, -0.25) is 4.79 Å². The van der Waals surface area contributed by atoms with Gasteiger partial charge in [-0.25, -0.2) is 0 Å². The number of rotatable bonds is 4. The molecule has 0 spiro atoms. The van der Waals surface area contributed by atoms with Crippen molar-refractivity contribution in [3.8, 4) is 5.75 Å². The van der Waals surface area contributed by atoms with E-state index in [2.05, 4.69) is 0 Å². The summed E-state index contributed by atoms with van der Waals surface area (Å²) in [6, 6.07) is 2.50. The molecule has 0 heterocycles. The quantitative estimate of drug-likeness (QED) is 0.845. The summed E-state index contributed by atoms with van der Waals surface area (Å²) < 4.78 is 5.38. The van der Waals surface area contributed by atoms with Crippen molar-refractivity contribution in [1.29, 1.82) is 0 Å². The van der Waals surface area contributed by atoms with Crippen molar-refractivity contribution in [3.63, 3.8) is 0 Å². The minimum Gasteiger partial charge on any atom is -0.491 e. The van der Waals surface area contributed by atoms with E-state index in [0.717, 1.165) is 11.1 Å². The van der Waals surface area contributed by atoms with Crippen LogP contribution in [0.3, 0.4) is 0 Å². The SMILES string of the molecule is Cc1cc(Cl)cc(C)c1OCC(N)C(=O)O. The lowest BCUT2D eigenvalue weighted by Gasteiger charge is -2.14. The molecule has 0 aliphatic carbocycles. The fourth-order valence-electron chi connectivity index (χ4n) is 1.37. The Kier molecular flexibility index (Phi) is 4.15. The zero-order chi connectivity index (χ0) is 12.3. The summed E-state index contributed by atoms with van der Waals surface area (Å²) in [7, 11) is 0. The number of hydrogen-bond donors (Lipinski definition) is 2. The highest BCUT2D eigenvalue weighted by Gasteiger charge is 2.14. The molecule has 0 aromatic heterocycles. The molecule has 0 saturated carbocycles. The molecule has 4 nitrogen and oxygen atoms in total. The highest BCUT2D eigenvalue weighted by Crippen LogP contribution is 2.26. The standard InChI is InChI=1S/C11H14ClNO3/c1-6-3-8(12)4-7(2)10(6)16-5-9(13)11(14)15/h3-4,9H,5,13H2,1-2H3,(H,14,15). The fraction of sp³-hybridized carbons (Fsp3) is 0.364. The van der Waals surface area contributed by atoms with Crippen molar-refractivity contribution in [2.75, 3.05) is 6.61 Å². The molecule has 1 aromatic carbocycles. The molecule has 5 heteroatoms. The molecule has 0 aliphatic rings. The number of carboxylic acid groups (broad SMARTS) is 1. The predicted octanol–water partition coefficient (Wildman–Crippen LogP) is 1.75. The van der Waals surface area contributed by atoms with Crippen LogP contribution in [0.2, 0.25) is 5.02 Å². The largest absolute Gasteiger partial charge is 0.491 e. The number of nitrogens with two attached hydrogens (primary N) is 1. The first-order valence-corrected chi connectivity index (χ1v) is 5.17. The maximum Gasteiger partial charge on any atom is 0.324 e.